The highest BCUT2D eigenvalue weighted by molar-refractivity contribution is 9.11. The molecule has 3 N–H and O–H groups in total. The maximum absolute atomic E-state index is 11.1. The number of aliphatic hydroxyl groups is 1. The molecule has 0 saturated heterocycles. The molecule has 0 radical (unpaired) electrons. The van der Waals surface area contributed by atoms with Gasteiger partial charge in [0.25, 0.3) is 5.91 Å². The number of aliphatic hydroxyl groups excluding tert-OH is 1. The largest absolute Gasteiger partial charge is 0.488 e. The summed E-state index contributed by atoms with van der Waals surface area (Å²) in [5.41, 5.74) is 6.52. The number of nitrogens with zero attached hydrogens (tertiary/aromatic N) is 2. The van der Waals surface area contributed by atoms with Gasteiger partial charge in [-0.2, -0.15) is 0 Å². The molecule has 1 aromatic carbocycles. The van der Waals surface area contributed by atoms with E-state index in [1.54, 1.807) is 22.1 Å². The summed E-state index contributed by atoms with van der Waals surface area (Å²) in [7, 11) is 0. The highest BCUT2D eigenvalue weighted by atomic mass is 79.9. The molecule has 0 saturated carbocycles. The van der Waals surface area contributed by atoms with Crippen LogP contribution in [0.1, 0.15) is 33.8 Å². The number of aryl methyl sites for hydroxylation is 1. The number of nitrogens with two attached hydrogens (primary N) is 1. The van der Waals surface area contributed by atoms with Crippen LogP contribution in [-0.4, -0.2) is 26.7 Å². The van der Waals surface area contributed by atoms with Crippen LogP contribution >= 0.6 is 39.7 Å². The number of carbonyl (C=O) groups is 1. The number of carbonyl (C=O) groups excluding carboxylic acids is 1. The van der Waals surface area contributed by atoms with Crippen molar-refractivity contribution in [2.45, 2.75) is 38.5 Å². The first-order chi connectivity index (χ1) is 13.5. The molecule has 1 atom stereocenters. The summed E-state index contributed by atoms with van der Waals surface area (Å²) in [6.07, 6.45) is 4.82. The Kier molecular flexibility index (Phi) is 9.16. The zero-order valence-electron chi connectivity index (χ0n) is 15.7. The number of hydrogen-bond acceptors (Lipinski definition) is 5. The van der Waals surface area contributed by atoms with Crippen LogP contribution in [-0.2, 0) is 19.6 Å². The maximum atomic E-state index is 11.1. The van der Waals surface area contributed by atoms with Crippen LogP contribution in [0.2, 0.25) is 0 Å². The van der Waals surface area contributed by atoms with Gasteiger partial charge in [-0.1, -0.05) is 18.2 Å². The van der Waals surface area contributed by atoms with Gasteiger partial charge in [-0.15, -0.1) is 23.7 Å². The van der Waals surface area contributed by atoms with E-state index in [1.807, 2.05) is 30.3 Å². The molecule has 2 aromatic heterocycles. The van der Waals surface area contributed by atoms with Crippen LogP contribution in [0.15, 0.2) is 52.7 Å². The van der Waals surface area contributed by atoms with E-state index < -0.39 is 12.0 Å². The Morgan fingerprint density at radius 3 is 2.79 bits per heavy atom. The Labute approximate surface area is 188 Å². The number of thiophene rings is 1. The van der Waals surface area contributed by atoms with E-state index in [4.69, 9.17) is 10.5 Å². The molecule has 9 heteroatoms. The normalized spacial score (nSPS) is 11.7. The highest BCUT2D eigenvalue weighted by Gasteiger charge is 2.10. The van der Waals surface area contributed by atoms with E-state index in [0.29, 0.717) is 19.6 Å². The monoisotopic (exact) mass is 499 g/mol. The van der Waals surface area contributed by atoms with Gasteiger partial charge in [0.05, 0.1) is 16.2 Å². The summed E-state index contributed by atoms with van der Waals surface area (Å²) >= 11 is 5.12. The lowest BCUT2D eigenvalue weighted by molar-refractivity contribution is 0.0995. The number of amides is 1. The van der Waals surface area contributed by atoms with Crippen LogP contribution in [0.4, 0.5) is 0 Å². The van der Waals surface area contributed by atoms with Gasteiger partial charge in [-0.05, 0) is 59.0 Å². The van der Waals surface area contributed by atoms with E-state index in [2.05, 4.69) is 27.0 Å². The van der Waals surface area contributed by atoms with Crippen molar-refractivity contribution in [2.75, 3.05) is 0 Å². The summed E-state index contributed by atoms with van der Waals surface area (Å²) in [6, 6.07) is 12.1. The van der Waals surface area contributed by atoms with Crippen molar-refractivity contribution in [3.05, 3.63) is 68.8 Å². The van der Waals surface area contributed by atoms with Crippen LogP contribution in [0.3, 0.4) is 0 Å². The molecule has 0 fully saturated rings. The average molecular weight is 501 g/mol. The predicted octanol–water partition coefficient (Wildman–Crippen LogP) is 4.19. The molecular formula is C20H23BrClN3O3S. The molecule has 156 valence electrons. The topological polar surface area (TPSA) is 90.4 Å². The average Bonchev–Trinajstić information content (AvgIpc) is 3.30. The summed E-state index contributed by atoms with van der Waals surface area (Å²) in [5.74, 6) is 0.307. The standard InChI is InChI=1S/C20H22BrN3O3S.ClH/c21-19-9-8-16(28-19)12-27-18-7-2-1-4-14(18)5-3-6-15(25)10-24-11-17(20(22)26)23-13-24;/h1-2,4,7-9,11,13,15,25H,3,5-6,10,12H2,(H2,22,26);1H/t15-;/m0./s1. The van der Waals surface area contributed by atoms with E-state index >= 15 is 0 Å². The first-order valence-electron chi connectivity index (χ1n) is 8.96. The second-order valence-corrected chi connectivity index (χ2v) is 9.02. The van der Waals surface area contributed by atoms with Crippen molar-refractivity contribution < 1.29 is 14.6 Å². The Morgan fingerprint density at radius 1 is 1.31 bits per heavy atom. The quantitative estimate of drug-likeness (QED) is 0.437. The predicted molar refractivity (Wildman–Crippen MR) is 120 cm³/mol. The zero-order chi connectivity index (χ0) is 19.9. The van der Waals surface area contributed by atoms with Gasteiger partial charge >= 0.3 is 0 Å². The molecule has 1 amide bonds. The lowest BCUT2D eigenvalue weighted by Crippen LogP contribution is -2.15. The Hall–Kier alpha value is -1.87. The van der Waals surface area contributed by atoms with Gasteiger partial charge in [0.2, 0.25) is 0 Å². The minimum atomic E-state index is -0.570. The van der Waals surface area contributed by atoms with E-state index in [1.165, 1.54) is 6.33 Å². The maximum Gasteiger partial charge on any atom is 0.268 e. The molecule has 29 heavy (non-hydrogen) atoms. The Bertz CT molecular complexity index is 931. The number of para-hydroxylation sites is 1. The van der Waals surface area contributed by atoms with Crippen LogP contribution in [0.25, 0.3) is 0 Å². The second-order valence-electron chi connectivity index (χ2n) is 6.47. The first kappa shape index (κ1) is 23.4. The van der Waals surface area contributed by atoms with Crippen LogP contribution < -0.4 is 10.5 Å². The fraction of sp³-hybridized carbons (Fsp3) is 0.300. The van der Waals surface area contributed by atoms with Crippen molar-refractivity contribution in [3.63, 3.8) is 0 Å². The third-order valence-electron chi connectivity index (χ3n) is 4.26. The number of rotatable bonds is 10. The third kappa shape index (κ3) is 7.15. The van der Waals surface area contributed by atoms with Crippen LogP contribution in [0, 0.1) is 0 Å². The summed E-state index contributed by atoms with van der Waals surface area (Å²) in [6.45, 7) is 0.921. The number of ether oxygens (including phenoxy) is 1. The van der Waals surface area contributed by atoms with Crippen LogP contribution in [0.5, 0.6) is 5.75 Å². The number of hydrogen-bond donors (Lipinski definition) is 2. The van der Waals surface area contributed by atoms with Crippen molar-refractivity contribution in [1.29, 1.82) is 0 Å². The minimum absolute atomic E-state index is 0. The molecule has 3 aromatic rings. The number of primary amides is 1. The van der Waals surface area contributed by atoms with Gasteiger partial charge in [0.1, 0.15) is 18.1 Å². The van der Waals surface area contributed by atoms with E-state index in [0.717, 1.165) is 32.8 Å². The van der Waals surface area contributed by atoms with Crippen molar-refractivity contribution in [1.82, 2.24) is 9.55 Å². The van der Waals surface area contributed by atoms with Crippen molar-refractivity contribution in [3.8, 4) is 5.75 Å². The summed E-state index contributed by atoms with van der Waals surface area (Å²) in [4.78, 5) is 16.2. The number of aromatic nitrogens is 2. The molecular weight excluding hydrogens is 478 g/mol. The van der Waals surface area contributed by atoms with E-state index in [9.17, 15) is 9.90 Å². The second kappa shape index (κ2) is 11.3. The lowest BCUT2D eigenvalue weighted by Gasteiger charge is -2.13. The molecule has 0 unspecified atom stereocenters. The fourth-order valence-electron chi connectivity index (χ4n) is 2.88. The van der Waals surface area contributed by atoms with Gasteiger partial charge in [0.15, 0.2) is 0 Å². The van der Waals surface area contributed by atoms with Gasteiger partial charge in [0, 0.05) is 17.6 Å². The number of benzene rings is 1. The summed E-state index contributed by atoms with van der Waals surface area (Å²) in [5, 5.41) is 10.3. The fourth-order valence-corrected chi connectivity index (χ4v) is 4.28. The van der Waals surface area contributed by atoms with Crippen molar-refractivity contribution >= 4 is 45.6 Å². The molecule has 0 spiro atoms. The molecule has 0 aliphatic rings. The van der Waals surface area contributed by atoms with Gasteiger partial charge in [-0.25, -0.2) is 4.98 Å². The molecule has 0 aliphatic carbocycles. The molecule has 6 nitrogen and oxygen atoms in total. The SMILES string of the molecule is Cl.NC(=O)c1cn(C[C@@H](O)CCCc2ccccc2OCc2ccc(Br)s2)cn1. The zero-order valence-corrected chi connectivity index (χ0v) is 18.9. The smallest absolute Gasteiger partial charge is 0.268 e. The Balaban J connectivity index is 0.00000300. The minimum Gasteiger partial charge on any atom is -0.488 e. The number of imidazole rings is 1. The molecule has 3 rings (SSSR count). The molecule has 0 bridgehead atoms. The van der Waals surface area contributed by atoms with Gasteiger partial charge in [-0.3, -0.25) is 4.79 Å². The lowest BCUT2D eigenvalue weighted by atomic mass is 10.0. The molecule has 2 heterocycles. The highest BCUT2D eigenvalue weighted by Crippen LogP contribution is 2.26. The van der Waals surface area contributed by atoms with Gasteiger partial charge < -0.3 is 20.1 Å². The molecule has 0 aliphatic heterocycles. The summed E-state index contributed by atoms with van der Waals surface area (Å²) < 4.78 is 8.76. The van der Waals surface area contributed by atoms with E-state index in [-0.39, 0.29) is 18.1 Å². The van der Waals surface area contributed by atoms with Crippen molar-refractivity contribution in [2.24, 2.45) is 5.73 Å². The Morgan fingerprint density at radius 2 is 2.10 bits per heavy atom. The first-order valence-corrected chi connectivity index (χ1v) is 10.6. The number of halogens is 2. The third-order valence-corrected chi connectivity index (χ3v) is 5.86.